The number of nitriles is 1. The Balaban J connectivity index is 2.05. The molecule has 0 saturated heterocycles. The van der Waals surface area contributed by atoms with Gasteiger partial charge in [0.15, 0.2) is 0 Å². The molecule has 0 fully saturated rings. The molecule has 21 heavy (non-hydrogen) atoms. The van der Waals surface area contributed by atoms with Gasteiger partial charge in [-0.1, -0.05) is 12.1 Å². The molecule has 0 saturated carbocycles. The maximum absolute atomic E-state index is 8.64. The third-order valence-electron chi connectivity index (χ3n) is 2.99. The topological polar surface area (TPSA) is 68.3 Å². The first-order valence-electron chi connectivity index (χ1n) is 6.83. The molecule has 4 heteroatoms. The molecule has 0 aliphatic carbocycles. The fourth-order valence-corrected chi connectivity index (χ4v) is 1.96. The quantitative estimate of drug-likeness (QED) is 0.825. The van der Waals surface area contributed by atoms with E-state index in [2.05, 4.69) is 6.07 Å². The Hall–Kier alpha value is -2.67. The van der Waals surface area contributed by atoms with Crippen LogP contribution in [0.3, 0.4) is 0 Å². The van der Waals surface area contributed by atoms with Crippen LogP contribution in [0.1, 0.15) is 18.1 Å². The van der Waals surface area contributed by atoms with E-state index in [0.29, 0.717) is 25.3 Å². The Morgan fingerprint density at radius 2 is 1.86 bits per heavy atom. The number of anilines is 1. The highest BCUT2D eigenvalue weighted by Gasteiger charge is 2.05. The van der Waals surface area contributed by atoms with E-state index in [1.807, 2.05) is 49.4 Å². The molecule has 2 N–H and O–H groups in total. The smallest absolute Gasteiger partial charge is 0.126 e. The second-order valence-electron chi connectivity index (χ2n) is 4.57. The molecule has 0 atom stereocenters. The number of nitrogens with zero attached hydrogens (tertiary/aromatic N) is 1. The van der Waals surface area contributed by atoms with Gasteiger partial charge >= 0.3 is 0 Å². The van der Waals surface area contributed by atoms with Gasteiger partial charge in [-0.05, 0) is 42.8 Å². The number of hydrogen-bond acceptors (Lipinski definition) is 4. The van der Waals surface area contributed by atoms with Gasteiger partial charge in [0.05, 0.1) is 19.1 Å². The fourth-order valence-electron chi connectivity index (χ4n) is 1.96. The molecule has 0 aliphatic heterocycles. The summed E-state index contributed by atoms with van der Waals surface area (Å²) < 4.78 is 11.3. The van der Waals surface area contributed by atoms with Crippen molar-refractivity contribution in [3.05, 3.63) is 53.6 Å². The number of rotatable bonds is 6. The molecule has 0 amide bonds. The normalized spacial score (nSPS) is 9.90. The monoisotopic (exact) mass is 282 g/mol. The number of nitrogens with two attached hydrogens (primary N) is 1. The van der Waals surface area contributed by atoms with Gasteiger partial charge in [0, 0.05) is 11.3 Å². The lowest BCUT2D eigenvalue weighted by atomic mass is 10.1. The van der Waals surface area contributed by atoms with Crippen LogP contribution in [0.25, 0.3) is 0 Å². The number of hydrogen-bond donors (Lipinski definition) is 1. The van der Waals surface area contributed by atoms with Crippen molar-refractivity contribution in [2.75, 3.05) is 12.3 Å². The maximum atomic E-state index is 8.64. The molecule has 0 radical (unpaired) electrons. The van der Waals surface area contributed by atoms with Gasteiger partial charge in [-0.3, -0.25) is 0 Å². The van der Waals surface area contributed by atoms with Crippen molar-refractivity contribution in [2.45, 2.75) is 20.0 Å². The molecule has 0 bridgehead atoms. The Morgan fingerprint density at radius 3 is 2.52 bits per heavy atom. The van der Waals surface area contributed by atoms with Crippen molar-refractivity contribution in [1.82, 2.24) is 0 Å². The van der Waals surface area contributed by atoms with Crippen molar-refractivity contribution in [2.24, 2.45) is 0 Å². The van der Waals surface area contributed by atoms with Crippen LogP contribution >= 0.6 is 0 Å². The highest BCUT2D eigenvalue weighted by molar-refractivity contribution is 5.47. The summed E-state index contributed by atoms with van der Waals surface area (Å²) in [7, 11) is 0. The maximum Gasteiger partial charge on any atom is 0.126 e. The average Bonchev–Trinajstić information content (AvgIpc) is 2.49. The highest BCUT2D eigenvalue weighted by atomic mass is 16.5. The Kier molecular flexibility index (Phi) is 5.05. The fraction of sp³-hybridized carbons (Fsp3) is 0.235. The molecular formula is C17H18N2O2. The van der Waals surface area contributed by atoms with Gasteiger partial charge in [0.1, 0.15) is 18.1 Å². The summed E-state index contributed by atoms with van der Waals surface area (Å²) in [6.45, 7) is 2.92. The van der Waals surface area contributed by atoms with Gasteiger partial charge in [-0.2, -0.15) is 5.26 Å². The minimum absolute atomic E-state index is 0.387. The lowest BCUT2D eigenvalue weighted by Gasteiger charge is -2.12. The summed E-state index contributed by atoms with van der Waals surface area (Å²) in [5.74, 6) is 1.54. The molecule has 108 valence electrons. The summed E-state index contributed by atoms with van der Waals surface area (Å²) in [5, 5.41) is 8.64. The third kappa shape index (κ3) is 4.15. The second-order valence-corrected chi connectivity index (χ2v) is 4.57. The summed E-state index contributed by atoms with van der Waals surface area (Å²) in [6, 6.07) is 15.1. The Morgan fingerprint density at radius 1 is 1.10 bits per heavy atom. The molecule has 0 spiro atoms. The van der Waals surface area contributed by atoms with Crippen LogP contribution in [0.2, 0.25) is 0 Å². The van der Waals surface area contributed by atoms with Crippen LogP contribution in [-0.2, 0) is 13.0 Å². The summed E-state index contributed by atoms with van der Waals surface area (Å²) in [4.78, 5) is 0. The van der Waals surface area contributed by atoms with Crippen LogP contribution in [0, 0.1) is 11.3 Å². The van der Waals surface area contributed by atoms with E-state index in [0.717, 1.165) is 22.6 Å². The van der Waals surface area contributed by atoms with E-state index >= 15 is 0 Å². The lowest BCUT2D eigenvalue weighted by molar-refractivity contribution is 0.286. The van der Waals surface area contributed by atoms with E-state index < -0.39 is 0 Å². The molecule has 0 aliphatic rings. The first-order chi connectivity index (χ1) is 10.2. The molecule has 2 aromatic carbocycles. The first-order valence-corrected chi connectivity index (χ1v) is 6.83. The van der Waals surface area contributed by atoms with Crippen LogP contribution in [0.4, 0.5) is 5.69 Å². The van der Waals surface area contributed by atoms with Crippen molar-refractivity contribution in [1.29, 1.82) is 5.26 Å². The molecule has 0 aromatic heterocycles. The van der Waals surface area contributed by atoms with Crippen LogP contribution in [0.5, 0.6) is 11.5 Å². The molecule has 0 unspecified atom stereocenters. The van der Waals surface area contributed by atoms with Crippen molar-refractivity contribution in [3.8, 4) is 17.6 Å². The van der Waals surface area contributed by atoms with Gasteiger partial charge in [-0.25, -0.2) is 0 Å². The van der Waals surface area contributed by atoms with Crippen LogP contribution < -0.4 is 15.2 Å². The van der Waals surface area contributed by atoms with E-state index in [1.54, 1.807) is 0 Å². The van der Waals surface area contributed by atoms with Gasteiger partial charge < -0.3 is 15.2 Å². The minimum Gasteiger partial charge on any atom is -0.493 e. The van der Waals surface area contributed by atoms with Crippen molar-refractivity contribution in [3.63, 3.8) is 0 Å². The van der Waals surface area contributed by atoms with Crippen molar-refractivity contribution >= 4 is 5.69 Å². The zero-order chi connectivity index (χ0) is 15.1. The zero-order valence-electron chi connectivity index (χ0n) is 12.0. The first kappa shape index (κ1) is 14.7. The van der Waals surface area contributed by atoms with Crippen LogP contribution in [-0.4, -0.2) is 6.61 Å². The second kappa shape index (κ2) is 7.20. The van der Waals surface area contributed by atoms with Gasteiger partial charge in [0.25, 0.3) is 0 Å². The van der Waals surface area contributed by atoms with Gasteiger partial charge in [0.2, 0.25) is 0 Å². The number of benzene rings is 2. The molecular weight excluding hydrogens is 264 g/mol. The summed E-state index contributed by atoms with van der Waals surface area (Å²) in [6.07, 6.45) is 0.407. The van der Waals surface area contributed by atoms with Crippen LogP contribution in [0.15, 0.2) is 42.5 Å². The number of nitrogen functional groups attached to an aromatic ring is 1. The Labute approximate surface area is 124 Å². The molecule has 2 aromatic rings. The lowest BCUT2D eigenvalue weighted by Crippen LogP contribution is -2.02. The van der Waals surface area contributed by atoms with Gasteiger partial charge in [-0.15, -0.1) is 0 Å². The Bertz CT molecular complexity index is 630. The zero-order valence-corrected chi connectivity index (χ0v) is 12.0. The largest absolute Gasteiger partial charge is 0.493 e. The average molecular weight is 282 g/mol. The third-order valence-corrected chi connectivity index (χ3v) is 2.99. The predicted molar refractivity (Wildman–Crippen MR) is 82.1 cm³/mol. The van der Waals surface area contributed by atoms with E-state index in [-0.39, 0.29) is 0 Å². The molecule has 0 heterocycles. The minimum atomic E-state index is 0.387. The van der Waals surface area contributed by atoms with E-state index in [1.165, 1.54) is 0 Å². The summed E-state index contributed by atoms with van der Waals surface area (Å²) in [5.41, 5.74) is 8.38. The predicted octanol–water partition coefficient (Wildman–Crippen LogP) is 3.31. The van der Waals surface area contributed by atoms with E-state index in [9.17, 15) is 0 Å². The standard InChI is InChI=1S/C17H18N2O2/c1-2-20-17-8-5-15(19)11-14(17)12-21-16-6-3-13(4-7-16)9-10-18/h3-8,11H,2,9,12,19H2,1H3. The summed E-state index contributed by atoms with van der Waals surface area (Å²) >= 11 is 0. The highest BCUT2D eigenvalue weighted by Crippen LogP contribution is 2.23. The molecule has 2 rings (SSSR count). The molecule has 4 nitrogen and oxygen atoms in total. The van der Waals surface area contributed by atoms with Crippen molar-refractivity contribution < 1.29 is 9.47 Å². The van der Waals surface area contributed by atoms with E-state index in [4.69, 9.17) is 20.5 Å². The number of ether oxygens (including phenoxy) is 2. The SMILES string of the molecule is CCOc1ccc(N)cc1COc1ccc(CC#N)cc1.